The third-order valence-corrected chi connectivity index (χ3v) is 6.40. The third-order valence-electron chi connectivity index (χ3n) is 6.15. The van der Waals surface area contributed by atoms with E-state index in [1.54, 1.807) is 11.8 Å². The highest BCUT2D eigenvalue weighted by atomic mass is 35.5. The fourth-order valence-electron chi connectivity index (χ4n) is 4.28. The first kappa shape index (κ1) is 24.4. The van der Waals surface area contributed by atoms with Gasteiger partial charge in [0, 0.05) is 17.3 Å². The third kappa shape index (κ3) is 5.29. The second-order valence-electron chi connectivity index (χ2n) is 8.59. The highest BCUT2D eigenvalue weighted by Crippen LogP contribution is 2.38. The Morgan fingerprint density at radius 3 is 2.59 bits per heavy atom. The van der Waals surface area contributed by atoms with Crippen molar-refractivity contribution in [2.75, 3.05) is 12.4 Å². The van der Waals surface area contributed by atoms with E-state index < -0.39 is 6.04 Å². The van der Waals surface area contributed by atoms with Crippen molar-refractivity contribution >= 4 is 23.5 Å². The van der Waals surface area contributed by atoms with E-state index in [2.05, 4.69) is 20.7 Å². The Bertz CT molecular complexity index is 1430. The number of halogens is 1. The minimum absolute atomic E-state index is 0.193. The zero-order chi connectivity index (χ0) is 25.8. The quantitative estimate of drug-likeness (QED) is 0.338. The second-order valence-corrected chi connectivity index (χ2v) is 9.02. The van der Waals surface area contributed by atoms with Crippen LogP contribution in [0.4, 0.5) is 5.95 Å². The lowest BCUT2D eigenvalue weighted by atomic mass is 9.94. The number of anilines is 1. The highest BCUT2D eigenvalue weighted by molar-refractivity contribution is 6.30. The van der Waals surface area contributed by atoms with Crippen LogP contribution in [-0.2, 0) is 17.9 Å². The molecular weight excluding hydrogens is 490 g/mol. The molecule has 0 radical (unpaired) electrons. The van der Waals surface area contributed by atoms with E-state index in [0.717, 1.165) is 16.7 Å². The molecule has 1 aliphatic heterocycles. The van der Waals surface area contributed by atoms with E-state index in [0.29, 0.717) is 46.9 Å². The number of ether oxygens (including phenoxy) is 2. The van der Waals surface area contributed by atoms with Crippen LogP contribution in [0.3, 0.4) is 0 Å². The van der Waals surface area contributed by atoms with Gasteiger partial charge in [-0.05, 0) is 47.9 Å². The van der Waals surface area contributed by atoms with Gasteiger partial charge >= 0.3 is 0 Å². The maximum absolute atomic E-state index is 13.5. The largest absolute Gasteiger partial charge is 0.493 e. The number of benzene rings is 3. The fraction of sp³-hybridized carbons (Fsp3) is 0.179. The molecule has 1 amide bonds. The van der Waals surface area contributed by atoms with Crippen LogP contribution in [0, 0.1) is 0 Å². The summed E-state index contributed by atoms with van der Waals surface area (Å²) in [6.45, 7) is 2.64. The van der Waals surface area contributed by atoms with E-state index in [1.165, 1.54) is 6.33 Å². The normalized spacial score (nSPS) is 14.5. The second kappa shape index (κ2) is 10.8. The molecule has 5 rings (SSSR count). The maximum Gasteiger partial charge on any atom is 0.251 e. The van der Waals surface area contributed by atoms with Crippen molar-refractivity contribution < 1.29 is 14.3 Å². The van der Waals surface area contributed by atoms with Gasteiger partial charge in [-0.25, -0.2) is 4.68 Å². The molecule has 8 nitrogen and oxygen atoms in total. The van der Waals surface area contributed by atoms with E-state index in [4.69, 9.17) is 21.1 Å². The van der Waals surface area contributed by atoms with Gasteiger partial charge in [-0.2, -0.15) is 10.1 Å². The molecule has 9 heteroatoms. The molecular formula is C28H26ClN5O3. The lowest BCUT2D eigenvalue weighted by Crippen LogP contribution is -2.34. The molecule has 1 aromatic heterocycles. The van der Waals surface area contributed by atoms with Crippen molar-refractivity contribution in [3.8, 4) is 11.5 Å². The van der Waals surface area contributed by atoms with Crippen molar-refractivity contribution in [1.82, 2.24) is 20.1 Å². The molecule has 0 saturated carbocycles. The smallest absolute Gasteiger partial charge is 0.251 e. The first-order valence-electron chi connectivity index (χ1n) is 11.8. The van der Waals surface area contributed by atoms with Crippen LogP contribution in [0.2, 0.25) is 5.02 Å². The number of aromatic nitrogens is 3. The number of nitrogens with one attached hydrogen (secondary N) is 2. The summed E-state index contributed by atoms with van der Waals surface area (Å²) < 4.78 is 13.4. The summed E-state index contributed by atoms with van der Waals surface area (Å²) in [5.74, 6) is 1.50. The van der Waals surface area contributed by atoms with E-state index in [1.807, 2.05) is 79.7 Å². The molecule has 0 saturated heterocycles. The number of nitrogens with zero attached hydrogens (tertiary/aromatic N) is 3. The van der Waals surface area contributed by atoms with Gasteiger partial charge in [-0.3, -0.25) is 4.79 Å². The first-order valence-corrected chi connectivity index (χ1v) is 12.2. The van der Waals surface area contributed by atoms with Crippen LogP contribution in [0.15, 0.2) is 90.4 Å². The summed E-state index contributed by atoms with van der Waals surface area (Å²) in [5, 5.41) is 11.3. The number of carbonyl (C=O) groups is 1. The lowest BCUT2D eigenvalue weighted by Gasteiger charge is -2.29. The van der Waals surface area contributed by atoms with Gasteiger partial charge in [-0.1, -0.05) is 60.1 Å². The van der Waals surface area contributed by atoms with E-state index in [9.17, 15) is 4.79 Å². The molecule has 37 heavy (non-hydrogen) atoms. The SMILES string of the molecule is COc1cc([C@H]2C(C(=O)NCc3ccccc3)=C(C)Nc3ncnn32)ccc1OCc1ccc(Cl)cc1. The van der Waals surface area contributed by atoms with Gasteiger partial charge in [0.05, 0.1) is 12.7 Å². The molecule has 188 valence electrons. The number of hydrogen-bond donors (Lipinski definition) is 2. The van der Waals surface area contributed by atoms with Crippen LogP contribution in [0.25, 0.3) is 0 Å². The number of rotatable bonds is 8. The predicted molar refractivity (Wildman–Crippen MR) is 142 cm³/mol. The molecule has 0 spiro atoms. The standard InChI is InChI=1S/C28H26ClN5O3/c1-18-25(27(35)30-15-19-6-4-3-5-7-19)26(34-28(33-18)31-17-32-34)21-10-13-23(24(14-21)36-2)37-16-20-8-11-22(29)12-9-20/h3-14,17,26H,15-16H2,1-2H3,(H,30,35)(H,31,32,33)/t26-/m0/s1. The zero-order valence-electron chi connectivity index (χ0n) is 20.4. The monoisotopic (exact) mass is 515 g/mol. The summed E-state index contributed by atoms with van der Waals surface area (Å²) in [5.41, 5.74) is 4.06. The fourth-order valence-corrected chi connectivity index (χ4v) is 4.41. The summed E-state index contributed by atoms with van der Waals surface area (Å²) in [4.78, 5) is 17.8. The van der Waals surface area contributed by atoms with Crippen LogP contribution in [-0.4, -0.2) is 27.8 Å². The molecule has 4 aromatic rings. The Kier molecular flexibility index (Phi) is 7.09. The van der Waals surface area contributed by atoms with Gasteiger partial charge < -0.3 is 20.1 Å². The van der Waals surface area contributed by atoms with Gasteiger partial charge in [0.25, 0.3) is 5.91 Å². The van der Waals surface area contributed by atoms with Gasteiger partial charge in [0.1, 0.15) is 19.0 Å². The summed E-state index contributed by atoms with van der Waals surface area (Å²) in [6, 6.07) is 22.4. The van der Waals surface area contributed by atoms with E-state index >= 15 is 0 Å². The molecule has 0 aliphatic carbocycles. The van der Waals surface area contributed by atoms with Crippen LogP contribution in [0.5, 0.6) is 11.5 Å². The number of carbonyl (C=O) groups excluding carboxylic acids is 1. The van der Waals surface area contributed by atoms with Crippen molar-refractivity contribution in [3.05, 3.63) is 112 Å². The van der Waals surface area contributed by atoms with Crippen molar-refractivity contribution in [2.24, 2.45) is 0 Å². The maximum atomic E-state index is 13.5. The zero-order valence-corrected chi connectivity index (χ0v) is 21.2. The number of hydrogen-bond acceptors (Lipinski definition) is 6. The molecule has 0 bridgehead atoms. The summed E-state index contributed by atoms with van der Waals surface area (Å²) in [7, 11) is 1.59. The van der Waals surface area contributed by atoms with Crippen LogP contribution >= 0.6 is 11.6 Å². The predicted octanol–water partition coefficient (Wildman–Crippen LogP) is 5.12. The molecule has 1 atom stereocenters. The Morgan fingerprint density at radius 2 is 1.84 bits per heavy atom. The van der Waals surface area contributed by atoms with Crippen LogP contribution < -0.4 is 20.1 Å². The van der Waals surface area contributed by atoms with Crippen LogP contribution in [0.1, 0.15) is 29.7 Å². The highest BCUT2D eigenvalue weighted by Gasteiger charge is 2.33. The molecule has 0 unspecified atom stereocenters. The molecule has 2 heterocycles. The molecule has 3 aromatic carbocycles. The Balaban J connectivity index is 1.43. The van der Waals surface area contributed by atoms with Crippen molar-refractivity contribution in [3.63, 3.8) is 0 Å². The Morgan fingerprint density at radius 1 is 1.05 bits per heavy atom. The van der Waals surface area contributed by atoms with Gasteiger partial charge in [0.2, 0.25) is 5.95 Å². The topological polar surface area (TPSA) is 90.3 Å². The Labute approximate surface area is 219 Å². The summed E-state index contributed by atoms with van der Waals surface area (Å²) >= 11 is 5.98. The first-order chi connectivity index (χ1) is 18.0. The number of fused-ring (bicyclic) bond motifs is 1. The van der Waals surface area contributed by atoms with Gasteiger partial charge in [-0.15, -0.1) is 0 Å². The van der Waals surface area contributed by atoms with E-state index in [-0.39, 0.29) is 5.91 Å². The number of methoxy groups -OCH3 is 1. The average Bonchev–Trinajstić information content (AvgIpc) is 3.39. The minimum atomic E-state index is -0.506. The average molecular weight is 516 g/mol. The molecule has 2 N–H and O–H groups in total. The van der Waals surface area contributed by atoms with Crippen molar-refractivity contribution in [2.45, 2.75) is 26.1 Å². The Hall–Kier alpha value is -4.30. The molecule has 0 fully saturated rings. The number of allylic oxidation sites excluding steroid dienone is 1. The lowest BCUT2D eigenvalue weighted by molar-refractivity contribution is -0.118. The number of amides is 1. The van der Waals surface area contributed by atoms with Gasteiger partial charge in [0.15, 0.2) is 11.5 Å². The minimum Gasteiger partial charge on any atom is -0.493 e. The molecule has 1 aliphatic rings. The summed E-state index contributed by atoms with van der Waals surface area (Å²) in [6.07, 6.45) is 1.47. The van der Waals surface area contributed by atoms with Crippen molar-refractivity contribution in [1.29, 1.82) is 0 Å².